The van der Waals surface area contributed by atoms with Gasteiger partial charge in [0.05, 0.1) is 11.1 Å². The number of rotatable bonds is 5. The summed E-state index contributed by atoms with van der Waals surface area (Å²) in [7, 11) is 0. The molecular formula is C18H22N4O2S2. The first-order valence-electron chi connectivity index (χ1n) is 9.10. The highest BCUT2D eigenvalue weighted by Gasteiger charge is 2.24. The van der Waals surface area contributed by atoms with E-state index >= 15 is 0 Å². The van der Waals surface area contributed by atoms with E-state index in [9.17, 15) is 4.79 Å². The van der Waals surface area contributed by atoms with E-state index in [1.54, 1.807) is 15.9 Å². The summed E-state index contributed by atoms with van der Waals surface area (Å²) in [6.07, 6.45) is 3.95. The first-order valence-corrected chi connectivity index (χ1v) is 10.9. The van der Waals surface area contributed by atoms with Crippen LogP contribution >= 0.6 is 23.1 Å². The van der Waals surface area contributed by atoms with E-state index in [1.165, 1.54) is 22.2 Å². The normalized spacial score (nSPS) is 17.0. The molecule has 138 valence electrons. The molecule has 6 nitrogen and oxygen atoms in total. The van der Waals surface area contributed by atoms with Crippen molar-refractivity contribution in [3.8, 4) is 0 Å². The van der Waals surface area contributed by atoms with Gasteiger partial charge >= 0.3 is 0 Å². The second-order valence-corrected chi connectivity index (χ2v) is 8.75. The number of hydrogen-bond acceptors (Lipinski definition) is 7. The fourth-order valence-electron chi connectivity index (χ4n) is 3.41. The van der Waals surface area contributed by atoms with E-state index in [2.05, 4.69) is 17.1 Å². The Morgan fingerprint density at radius 3 is 2.92 bits per heavy atom. The standard InChI is InChI=1S/C18H22N4O2S2/c1-4-13-19-14(24-21-13)9-25-18-20-16-15(17(23)22(18)5-2)11-7-6-10(3)8-12(11)26-16/h10H,4-9H2,1-3H3. The average molecular weight is 391 g/mol. The van der Waals surface area contributed by atoms with E-state index in [0.29, 0.717) is 29.9 Å². The van der Waals surface area contributed by atoms with Crippen LogP contribution in [0.15, 0.2) is 14.5 Å². The molecule has 1 aliphatic carbocycles. The van der Waals surface area contributed by atoms with E-state index < -0.39 is 0 Å². The number of nitrogens with zero attached hydrogens (tertiary/aromatic N) is 4. The summed E-state index contributed by atoms with van der Waals surface area (Å²) >= 11 is 3.18. The smallest absolute Gasteiger partial charge is 0.263 e. The minimum absolute atomic E-state index is 0.0897. The third-order valence-electron chi connectivity index (χ3n) is 4.85. The summed E-state index contributed by atoms with van der Waals surface area (Å²) in [5.74, 6) is 2.48. The van der Waals surface area contributed by atoms with Gasteiger partial charge in [-0.05, 0) is 37.7 Å². The van der Waals surface area contributed by atoms with Gasteiger partial charge in [0.2, 0.25) is 5.89 Å². The average Bonchev–Trinajstić information content (AvgIpc) is 3.23. The van der Waals surface area contributed by atoms with Crippen LogP contribution in [0.3, 0.4) is 0 Å². The zero-order chi connectivity index (χ0) is 18.3. The van der Waals surface area contributed by atoms with Gasteiger partial charge in [0, 0.05) is 17.8 Å². The highest BCUT2D eigenvalue weighted by atomic mass is 32.2. The number of hydrogen-bond donors (Lipinski definition) is 0. The Morgan fingerprint density at radius 1 is 1.35 bits per heavy atom. The predicted octanol–water partition coefficient (Wildman–Crippen LogP) is 3.84. The molecule has 26 heavy (non-hydrogen) atoms. The lowest BCUT2D eigenvalue weighted by Gasteiger charge is -2.17. The molecule has 0 bridgehead atoms. The van der Waals surface area contributed by atoms with Crippen molar-refractivity contribution in [3.63, 3.8) is 0 Å². The molecule has 3 aromatic heterocycles. The van der Waals surface area contributed by atoms with Crippen LogP contribution in [0, 0.1) is 5.92 Å². The highest BCUT2D eigenvalue weighted by Crippen LogP contribution is 2.36. The monoisotopic (exact) mass is 390 g/mol. The van der Waals surface area contributed by atoms with Crippen molar-refractivity contribution in [2.45, 2.75) is 63.9 Å². The Morgan fingerprint density at radius 2 is 2.19 bits per heavy atom. The van der Waals surface area contributed by atoms with Crippen molar-refractivity contribution in [1.29, 1.82) is 0 Å². The van der Waals surface area contributed by atoms with E-state index in [-0.39, 0.29) is 5.56 Å². The van der Waals surface area contributed by atoms with Gasteiger partial charge < -0.3 is 4.52 Å². The van der Waals surface area contributed by atoms with Crippen LogP contribution in [0.2, 0.25) is 0 Å². The van der Waals surface area contributed by atoms with Crippen LogP contribution in [-0.4, -0.2) is 19.7 Å². The summed E-state index contributed by atoms with van der Waals surface area (Å²) in [6.45, 7) is 6.86. The van der Waals surface area contributed by atoms with Crippen LogP contribution < -0.4 is 5.56 Å². The minimum Gasteiger partial charge on any atom is -0.338 e. The van der Waals surface area contributed by atoms with Gasteiger partial charge in [-0.25, -0.2) is 4.98 Å². The van der Waals surface area contributed by atoms with E-state index in [1.807, 2.05) is 13.8 Å². The lowest BCUT2D eigenvalue weighted by atomic mass is 9.89. The Balaban J connectivity index is 1.71. The number of aromatic nitrogens is 4. The molecular weight excluding hydrogens is 368 g/mol. The van der Waals surface area contributed by atoms with Crippen LogP contribution in [0.5, 0.6) is 0 Å². The lowest BCUT2D eigenvalue weighted by molar-refractivity contribution is 0.385. The molecule has 1 atom stereocenters. The van der Waals surface area contributed by atoms with Crippen LogP contribution in [0.25, 0.3) is 10.2 Å². The van der Waals surface area contributed by atoms with E-state index in [0.717, 1.165) is 41.1 Å². The second kappa shape index (κ2) is 7.15. The highest BCUT2D eigenvalue weighted by molar-refractivity contribution is 7.98. The van der Waals surface area contributed by atoms with Crippen LogP contribution in [0.1, 0.15) is 49.3 Å². The Hall–Kier alpha value is -1.67. The zero-order valence-corrected chi connectivity index (χ0v) is 16.9. The van der Waals surface area contributed by atoms with Crippen molar-refractivity contribution < 1.29 is 4.52 Å². The van der Waals surface area contributed by atoms with Crippen molar-refractivity contribution in [2.75, 3.05) is 0 Å². The van der Waals surface area contributed by atoms with Crippen molar-refractivity contribution in [1.82, 2.24) is 19.7 Å². The SMILES string of the molecule is CCc1noc(CSc2nc3sc4c(c3c(=O)n2CC)CCC(C)C4)n1. The van der Waals surface area contributed by atoms with Crippen molar-refractivity contribution in [3.05, 3.63) is 32.5 Å². The van der Waals surface area contributed by atoms with Crippen molar-refractivity contribution >= 4 is 33.3 Å². The van der Waals surface area contributed by atoms with Gasteiger partial charge in [-0.1, -0.05) is 30.8 Å². The molecule has 0 radical (unpaired) electrons. The van der Waals surface area contributed by atoms with Crippen LogP contribution in [-0.2, 0) is 31.6 Å². The van der Waals surface area contributed by atoms with Crippen molar-refractivity contribution in [2.24, 2.45) is 5.92 Å². The molecule has 0 amide bonds. The largest absolute Gasteiger partial charge is 0.338 e. The number of fused-ring (bicyclic) bond motifs is 3. The third-order valence-corrected chi connectivity index (χ3v) is 6.96. The fraction of sp³-hybridized carbons (Fsp3) is 0.556. The van der Waals surface area contributed by atoms with Crippen LogP contribution in [0.4, 0.5) is 0 Å². The summed E-state index contributed by atoms with van der Waals surface area (Å²) in [4.78, 5) is 24.5. The molecule has 0 saturated carbocycles. The Bertz CT molecular complexity index is 1000. The first kappa shape index (κ1) is 17.7. The minimum atomic E-state index is 0.0897. The Kier molecular flexibility index (Phi) is 4.88. The molecule has 1 unspecified atom stereocenters. The molecule has 3 heterocycles. The number of aryl methyl sites for hydroxylation is 2. The Labute approximate surface area is 160 Å². The second-order valence-electron chi connectivity index (χ2n) is 6.72. The maximum absolute atomic E-state index is 13.1. The summed E-state index contributed by atoms with van der Waals surface area (Å²) in [5.41, 5.74) is 1.33. The molecule has 1 aliphatic rings. The maximum Gasteiger partial charge on any atom is 0.263 e. The number of thioether (sulfide) groups is 1. The summed E-state index contributed by atoms with van der Waals surface area (Å²) in [6, 6.07) is 0. The molecule has 0 fully saturated rings. The lowest BCUT2D eigenvalue weighted by Crippen LogP contribution is -2.23. The third kappa shape index (κ3) is 3.09. The molecule has 0 aliphatic heterocycles. The van der Waals surface area contributed by atoms with Gasteiger partial charge in [0.1, 0.15) is 4.83 Å². The molecule has 0 spiro atoms. The quantitative estimate of drug-likeness (QED) is 0.487. The molecule has 3 aromatic rings. The van der Waals surface area contributed by atoms with Gasteiger partial charge in [-0.3, -0.25) is 9.36 Å². The maximum atomic E-state index is 13.1. The van der Waals surface area contributed by atoms with Gasteiger partial charge in [0.25, 0.3) is 5.56 Å². The molecule has 0 saturated heterocycles. The molecule has 0 aromatic carbocycles. The fourth-order valence-corrected chi connectivity index (χ4v) is 5.74. The zero-order valence-electron chi connectivity index (χ0n) is 15.2. The van der Waals surface area contributed by atoms with E-state index in [4.69, 9.17) is 9.51 Å². The summed E-state index contributed by atoms with van der Waals surface area (Å²) in [5, 5.41) is 5.49. The predicted molar refractivity (Wildman–Crippen MR) is 104 cm³/mol. The van der Waals surface area contributed by atoms with Gasteiger partial charge in [-0.15, -0.1) is 11.3 Å². The number of thiophene rings is 1. The molecule has 4 rings (SSSR count). The topological polar surface area (TPSA) is 73.8 Å². The molecule has 8 heteroatoms. The van der Waals surface area contributed by atoms with Gasteiger partial charge in [-0.2, -0.15) is 4.98 Å². The molecule has 0 N–H and O–H groups in total. The van der Waals surface area contributed by atoms with Gasteiger partial charge in [0.15, 0.2) is 11.0 Å². The summed E-state index contributed by atoms with van der Waals surface area (Å²) < 4.78 is 7.03. The first-order chi connectivity index (χ1) is 12.6.